The number of nitrogens with one attached hydrogen (secondary N) is 2. The minimum atomic E-state index is -0.756. The Kier molecular flexibility index (Phi) is 4.97. The van der Waals surface area contributed by atoms with Gasteiger partial charge >= 0.3 is 11.8 Å². The smallest absolute Gasteiger partial charge is 0.313 e. The van der Waals surface area contributed by atoms with Crippen LogP contribution in [0.25, 0.3) is 0 Å². The van der Waals surface area contributed by atoms with Crippen LogP contribution >= 0.6 is 0 Å². The number of carbonyl (C=O) groups is 2. The van der Waals surface area contributed by atoms with Gasteiger partial charge in [0.05, 0.1) is 12.6 Å². The van der Waals surface area contributed by atoms with Crippen LogP contribution in [0.2, 0.25) is 0 Å². The first-order valence-electron chi connectivity index (χ1n) is 8.20. The summed E-state index contributed by atoms with van der Waals surface area (Å²) in [6.07, 6.45) is 1.40. The molecule has 25 heavy (non-hydrogen) atoms. The summed E-state index contributed by atoms with van der Waals surface area (Å²) in [4.78, 5) is 24.2. The standard InChI is InChI=1S/C19H19FN2O3/c1-2-25-15-8-6-14(7-9-15)21-18(23)19(24)22-17-10-4-12-3-5-13(20)11-16(12)17/h3,5-9,11,17H,2,4,10H2,1H3,(H,21,23)(H,22,24)/t17-/m1/s1. The summed E-state index contributed by atoms with van der Waals surface area (Å²) in [6, 6.07) is 11.0. The largest absolute Gasteiger partial charge is 0.494 e. The van der Waals surface area contributed by atoms with Crippen LogP contribution in [0.15, 0.2) is 42.5 Å². The Morgan fingerprint density at radius 2 is 1.92 bits per heavy atom. The first-order valence-corrected chi connectivity index (χ1v) is 8.20. The lowest BCUT2D eigenvalue weighted by molar-refractivity contribution is -0.136. The van der Waals surface area contributed by atoms with E-state index in [1.165, 1.54) is 12.1 Å². The van der Waals surface area contributed by atoms with E-state index in [2.05, 4.69) is 10.6 Å². The average molecular weight is 342 g/mol. The summed E-state index contributed by atoms with van der Waals surface area (Å²) in [5.74, 6) is -1.15. The zero-order chi connectivity index (χ0) is 17.8. The Balaban J connectivity index is 1.60. The summed E-state index contributed by atoms with van der Waals surface area (Å²) in [6.45, 7) is 2.44. The minimum Gasteiger partial charge on any atom is -0.494 e. The van der Waals surface area contributed by atoms with Crippen molar-refractivity contribution in [3.63, 3.8) is 0 Å². The van der Waals surface area contributed by atoms with E-state index in [0.29, 0.717) is 24.5 Å². The second kappa shape index (κ2) is 7.34. The number of fused-ring (bicyclic) bond motifs is 1. The third kappa shape index (κ3) is 3.96. The van der Waals surface area contributed by atoms with Gasteiger partial charge in [-0.2, -0.15) is 0 Å². The average Bonchev–Trinajstić information content (AvgIpc) is 2.99. The van der Waals surface area contributed by atoms with E-state index in [4.69, 9.17) is 4.74 Å². The van der Waals surface area contributed by atoms with Gasteiger partial charge in [0.25, 0.3) is 0 Å². The molecule has 2 aromatic carbocycles. The maximum atomic E-state index is 13.4. The van der Waals surface area contributed by atoms with Crippen LogP contribution in [-0.2, 0) is 16.0 Å². The minimum absolute atomic E-state index is 0.343. The highest BCUT2D eigenvalue weighted by atomic mass is 19.1. The van der Waals surface area contributed by atoms with Crippen LogP contribution in [0.3, 0.4) is 0 Å². The van der Waals surface area contributed by atoms with Gasteiger partial charge in [0.15, 0.2) is 0 Å². The fraction of sp³-hybridized carbons (Fsp3) is 0.263. The lowest BCUT2D eigenvalue weighted by atomic mass is 10.1. The number of ether oxygens (including phenoxy) is 1. The predicted octanol–water partition coefficient (Wildman–Crippen LogP) is 2.97. The molecule has 2 N–H and O–H groups in total. The molecule has 1 aliphatic carbocycles. The van der Waals surface area contributed by atoms with E-state index in [9.17, 15) is 14.0 Å². The molecule has 0 saturated carbocycles. The Bertz CT molecular complexity index is 790. The van der Waals surface area contributed by atoms with Crippen molar-refractivity contribution in [2.75, 3.05) is 11.9 Å². The first kappa shape index (κ1) is 17.0. The van der Waals surface area contributed by atoms with Crippen molar-refractivity contribution in [3.8, 4) is 5.75 Å². The highest BCUT2D eigenvalue weighted by Crippen LogP contribution is 2.31. The SMILES string of the molecule is CCOc1ccc(NC(=O)C(=O)N[C@@H]2CCc3ccc(F)cc32)cc1. The Morgan fingerprint density at radius 1 is 1.16 bits per heavy atom. The lowest BCUT2D eigenvalue weighted by Crippen LogP contribution is -2.37. The van der Waals surface area contributed by atoms with Gasteiger partial charge in [-0.3, -0.25) is 9.59 Å². The van der Waals surface area contributed by atoms with Crippen LogP contribution in [0.5, 0.6) is 5.75 Å². The van der Waals surface area contributed by atoms with Gasteiger partial charge in [-0.15, -0.1) is 0 Å². The Morgan fingerprint density at radius 3 is 2.64 bits per heavy atom. The maximum Gasteiger partial charge on any atom is 0.313 e. The van der Waals surface area contributed by atoms with Crippen LogP contribution in [0.1, 0.15) is 30.5 Å². The van der Waals surface area contributed by atoms with Gasteiger partial charge in [0.2, 0.25) is 0 Å². The van der Waals surface area contributed by atoms with Crippen molar-refractivity contribution in [2.24, 2.45) is 0 Å². The van der Waals surface area contributed by atoms with Crippen molar-refractivity contribution >= 4 is 17.5 Å². The molecule has 2 amide bonds. The number of hydrogen-bond acceptors (Lipinski definition) is 3. The summed E-state index contributed by atoms with van der Waals surface area (Å²) < 4.78 is 18.7. The predicted molar refractivity (Wildman–Crippen MR) is 91.8 cm³/mol. The molecule has 1 atom stereocenters. The molecular weight excluding hydrogens is 323 g/mol. The van der Waals surface area contributed by atoms with Crippen molar-refractivity contribution in [3.05, 3.63) is 59.4 Å². The van der Waals surface area contributed by atoms with E-state index in [1.54, 1.807) is 30.3 Å². The van der Waals surface area contributed by atoms with Crippen LogP contribution in [-0.4, -0.2) is 18.4 Å². The molecule has 0 saturated heterocycles. The van der Waals surface area contributed by atoms with Gasteiger partial charge in [0, 0.05) is 5.69 Å². The molecule has 130 valence electrons. The van der Waals surface area contributed by atoms with Gasteiger partial charge in [0.1, 0.15) is 11.6 Å². The fourth-order valence-electron chi connectivity index (χ4n) is 2.94. The second-order valence-electron chi connectivity index (χ2n) is 5.82. The maximum absolute atomic E-state index is 13.4. The van der Waals surface area contributed by atoms with E-state index in [1.807, 2.05) is 6.92 Å². The van der Waals surface area contributed by atoms with Gasteiger partial charge in [-0.25, -0.2) is 4.39 Å². The molecule has 0 radical (unpaired) electrons. The molecule has 1 aliphatic rings. The monoisotopic (exact) mass is 342 g/mol. The number of rotatable bonds is 4. The molecule has 0 fully saturated rings. The van der Waals surface area contributed by atoms with Crippen LogP contribution in [0.4, 0.5) is 10.1 Å². The zero-order valence-corrected chi connectivity index (χ0v) is 13.8. The van der Waals surface area contributed by atoms with Crippen molar-refractivity contribution in [2.45, 2.75) is 25.8 Å². The quantitative estimate of drug-likeness (QED) is 0.840. The van der Waals surface area contributed by atoms with Gasteiger partial charge < -0.3 is 15.4 Å². The molecule has 0 heterocycles. The summed E-state index contributed by atoms with van der Waals surface area (Å²) >= 11 is 0. The molecule has 2 aromatic rings. The van der Waals surface area contributed by atoms with E-state index >= 15 is 0 Å². The number of anilines is 1. The van der Waals surface area contributed by atoms with Crippen molar-refractivity contribution in [1.82, 2.24) is 5.32 Å². The number of aryl methyl sites for hydroxylation is 1. The van der Waals surface area contributed by atoms with Gasteiger partial charge in [-0.1, -0.05) is 6.07 Å². The Labute approximate surface area is 145 Å². The van der Waals surface area contributed by atoms with E-state index < -0.39 is 11.8 Å². The number of halogens is 1. The number of carbonyl (C=O) groups excluding carboxylic acids is 2. The van der Waals surface area contributed by atoms with E-state index in [0.717, 1.165) is 17.5 Å². The molecule has 0 bridgehead atoms. The third-order valence-corrected chi connectivity index (χ3v) is 4.12. The fourth-order valence-corrected chi connectivity index (χ4v) is 2.94. The second-order valence-corrected chi connectivity index (χ2v) is 5.82. The highest BCUT2D eigenvalue weighted by molar-refractivity contribution is 6.39. The first-order chi connectivity index (χ1) is 12.1. The normalized spacial score (nSPS) is 15.4. The number of hydrogen-bond donors (Lipinski definition) is 2. The van der Waals surface area contributed by atoms with Crippen molar-refractivity contribution < 1.29 is 18.7 Å². The Hall–Kier alpha value is -2.89. The van der Waals surface area contributed by atoms with E-state index in [-0.39, 0.29) is 11.9 Å². The molecule has 5 nitrogen and oxygen atoms in total. The highest BCUT2D eigenvalue weighted by Gasteiger charge is 2.26. The molecule has 6 heteroatoms. The third-order valence-electron chi connectivity index (χ3n) is 4.12. The molecular formula is C19H19FN2O3. The topological polar surface area (TPSA) is 67.4 Å². The van der Waals surface area contributed by atoms with Crippen LogP contribution in [0, 0.1) is 5.82 Å². The van der Waals surface area contributed by atoms with Crippen molar-refractivity contribution in [1.29, 1.82) is 0 Å². The number of amides is 2. The molecule has 0 unspecified atom stereocenters. The molecule has 0 spiro atoms. The summed E-state index contributed by atoms with van der Waals surface area (Å²) in [7, 11) is 0. The molecule has 0 aromatic heterocycles. The lowest BCUT2D eigenvalue weighted by Gasteiger charge is -2.14. The summed E-state index contributed by atoms with van der Waals surface area (Å²) in [5, 5.41) is 5.21. The van der Waals surface area contributed by atoms with Crippen LogP contribution < -0.4 is 15.4 Å². The summed E-state index contributed by atoms with van der Waals surface area (Å²) in [5.41, 5.74) is 2.24. The van der Waals surface area contributed by atoms with Gasteiger partial charge in [-0.05, 0) is 67.3 Å². The molecule has 0 aliphatic heterocycles. The molecule has 3 rings (SSSR count). The zero-order valence-electron chi connectivity index (χ0n) is 13.8. The number of benzene rings is 2.